The van der Waals surface area contributed by atoms with Crippen LogP contribution in [-0.2, 0) is 0 Å². The van der Waals surface area contributed by atoms with Gasteiger partial charge in [-0.15, -0.1) is 11.3 Å². The first-order valence-corrected chi connectivity index (χ1v) is 6.73. The zero-order chi connectivity index (χ0) is 11.5. The van der Waals surface area contributed by atoms with Gasteiger partial charge in [-0.2, -0.15) is 0 Å². The van der Waals surface area contributed by atoms with E-state index >= 15 is 0 Å². The van der Waals surface area contributed by atoms with Gasteiger partial charge in [0.1, 0.15) is 0 Å². The Morgan fingerprint density at radius 2 is 2.19 bits per heavy atom. The van der Waals surface area contributed by atoms with Crippen LogP contribution in [0.5, 0.6) is 0 Å². The fraction of sp³-hybridized carbons (Fsp3) is 0.0833. The highest BCUT2D eigenvalue weighted by atomic mass is 127. The lowest BCUT2D eigenvalue weighted by Gasteiger charge is -2.04. The number of rotatable bonds is 2. The molecule has 0 fully saturated rings. The molecule has 1 heterocycles. The van der Waals surface area contributed by atoms with E-state index in [4.69, 9.17) is 0 Å². The van der Waals surface area contributed by atoms with Gasteiger partial charge in [-0.05, 0) is 53.3 Å². The topological polar surface area (TPSA) is 29.1 Å². The zero-order valence-electron chi connectivity index (χ0n) is 8.66. The van der Waals surface area contributed by atoms with Crippen LogP contribution >= 0.6 is 33.9 Å². The van der Waals surface area contributed by atoms with Crippen LogP contribution in [0.2, 0.25) is 0 Å². The average Bonchev–Trinajstić information content (AvgIpc) is 2.65. The van der Waals surface area contributed by atoms with E-state index < -0.39 is 0 Å². The number of carbonyl (C=O) groups excluding carboxylic acids is 1. The molecule has 16 heavy (non-hydrogen) atoms. The van der Waals surface area contributed by atoms with Crippen molar-refractivity contribution in [1.82, 2.24) is 0 Å². The molecule has 4 heteroatoms. The maximum absolute atomic E-state index is 11.8. The van der Waals surface area contributed by atoms with E-state index in [0.717, 1.165) is 19.7 Å². The number of amides is 1. The quantitative estimate of drug-likeness (QED) is 0.823. The lowest BCUT2D eigenvalue weighted by molar-refractivity contribution is 0.102. The normalized spacial score (nSPS) is 10.1. The summed E-state index contributed by atoms with van der Waals surface area (Å²) in [5.74, 6) is -0.0511. The van der Waals surface area contributed by atoms with Gasteiger partial charge < -0.3 is 5.32 Å². The van der Waals surface area contributed by atoms with Crippen LogP contribution in [0.1, 0.15) is 15.9 Å². The van der Waals surface area contributed by atoms with Gasteiger partial charge in [0, 0.05) is 11.1 Å². The Morgan fingerprint density at radius 1 is 1.38 bits per heavy atom. The summed E-state index contributed by atoms with van der Waals surface area (Å²) in [5, 5.41) is 4.74. The molecule has 2 nitrogen and oxygen atoms in total. The highest BCUT2D eigenvalue weighted by Gasteiger charge is 2.07. The molecule has 0 bridgehead atoms. The van der Waals surface area contributed by atoms with Crippen molar-refractivity contribution in [2.45, 2.75) is 6.92 Å². The molecule has 2 aromatic rings. The van der Waals surface area contributed by atoms with Crippen molar-refractivity contribution in [2.75, 3.05) is 5.32 Å². The highest BCUT2D eigenvalue weighted by molar-refractivity contribution is 14.1. The molecule has 82 valence electrons. The summed E-state index contributed by atoms with van der Waals surface area (Å²) in [5.41, 5.74) is 2.69. The van der Waals surface area contributed by atoms with Crippen LogP contribution < -0.4 is 5.32 Å². The summed E-state index contributed by atoms with van der Waals surface area (Å²) in [6.07, 6.45) is 0. The molecule has 0 aliphatic heterocycles. The van der Waals surface area contributed by atoms with E-state index in [1.807, 2.05) is 42.6 Å². The number of hydrogen-bond acceptors (Lipinski definition) is 2. The SMILES string of the molecule is Cc1cccc(NC(=O)c2csc(I)c2)c1. The van der Waals surface area contributed by atoms with Crippen LogP contribution in [0, 0.1) is 9.81 Å². The summed E-state index contributed by atoms with van der Waals surface area (Å²) < 4.78 is 1.12. The smallest absolute Gasteiger partial charge is 0.256 e. The molecule has 0 spiro atoms. The molecule has 0 unspecified atom stereocenters. The predicted octanol–water partition coefficient (Wildman–Crippen LogP) is 3.91. The number of anilines is 1. The number of halogens is 1. The van der Waals surface area contributed by atoms with Crippen LogP contribution in [0.15, 0.2) is 35.7 Å². The predicted molar refractivity (Wildman–Crippen MR) is 76.2 cm³/mol. The van der Waals surface area contributed by atoms with Gasteiger partial charge in [-0.25, -0.2) is 0 Å². The van der Waals surface area contributed by atoms with Crippen molar-refractivity contribution in [3.63, 3.8) is 0 Å². The van der Waals surface area contributed by atoms with Crippen molar-refractivity contribution in [2.24, 2.45) is 0 Å². The van der Waals surface area contributed by atoms with Gasteiger partial charge in [-0.1, -0.05) is 12.1 Å². The van der Waals surface area contributed by atoms with Gasteiger partial charge in [0.2, 0.25) is 0 Å². The lowest BCUT2D eigenvalue weighted by Crippen LogP contribution is -2.10. The van der Waals surface area contributed by atoms with Crippen LogP contribution in [0.4, 0.5) is 5.69 Å². The summed E-state index contributed by atoms with van der Waals surface area (Å²) in [7, 11) is 0. The van der Waals surface area contributed by atoms with Gasteiger partial charge >= 0.3 is 0 Å². The second kappa shape index (κ2) is 4.97. The van der Waals surface area contributed by atoms with Gasteiger partial charge in [0.05, 0.1) is 8.45 Å². The number of nitrogens with one attached hydrogen (secondary N) is 1. The Hall–Kier alpha value is -0.880. The molecule has 0 aliphatic carbocycles. The Morgan fingerprint density at radius 3 is 2.81 bits per heavy atom. The molecule has 1 N–H and O–H groups in total. The van der Waals surface area contributed by atoms with E-state index in [9.17, 15) is 4.79 Å². The minimum Gasteiger partial charge on any atom is -0.322 e. The lowest BCUT2D eigenvalue weighted by atomic mass is 10.2. The van der Waals surface area contributed by atoms with Crippen LogP contribution in [-0.4, -0.2) is 5.91 Å². The molecular weight excluding hydrogens is 333 g/mol. The molecule has 2 rings (SSSR count). The Labute approximate surface area is 112 Å². The number of thiophene rings is 1. The summed E-state index contributed by atoms with van der Waals surface area (Å²) >= 11 is 3.78. The molecule has 1 aromatic carbocycles. The molecule has 0 atom stereocenters. The standard InChI is InChI=1S/C12H10INOS/c1-8-3-2-4-10(5-8)14-12(15)9-6-11(13)16-7-9/h2-7H,1H3,(H,14,15). The number of hydrogen-bond donors (Lipinski definition) is 1. The molecule has 1 amide bonds. The fourth-order valence-electron chi connectivity index (χ4n) is 1.36. The Balaban J connectivity index is 2.13. The van der Waals surface area contributed by atoms with Crippen molar-refractivity contribution in [1.29, 1.82) is 0 Å². The highest BCUT2D eigenvalue weighted by Crippen LogP contribution is 2.18. The largest absolute Gasteiger partial charge is 0.322 e. The third-order valence-corrected chi connectivity index (χ3v) is 3.89. The van der Waals surface area contributed by atoms with Gasteiger partial charge in [-0.3, -0.25) is 4.79 Å². The number of benzene rings is 1. The monoisotopic (exact) mass is 343 g/mol. The maximum Gasteiger partial charge on any atom is 0.256 e. The molecule has 0 saturated heterocycles. The molecule has 0 radical (unpaired) electrons. The van der Waals surface area contributed by atoms with Crippen molar-refractivity contribution >= 4 is 45.5 Å². The summed E-state index contributed by atoms with van der Waals surface area (Å²) in [6, 6.07) is 9.67. The third-order valence-electron chi connectivity index (χ3n) is 2.11. The Kier molecular flexibility index (Phi) is 3.60. The van der Waals surface area contributed by atoms with Crippen LogP contribution in [0.3, 0.4) is 0 Å². The van der Waals surface area contributed by atoms with Gasteiger partial charge in [0.15, 0.2) is 0 Å². The Bertz CT molecular complexity index is 521. The zero-order valence-corrected chi connectivity index (χ0v) is 11.6. The minimum absolute atomic E-state index is 0.0511. The van der Waals surface area contributed by atoms with E-state index in [2.05, 4.69) is 27.9 Å². The fourth-order valence-corrected chi connectivity index (χ4v) is 2.68. The first-order valence-electron chi connectivity index (χ1n) is 4.77. The minimum atomic E-state index is -0.0511. The van der Waals surface area contributed by atoms with E-state index in [1.54, 1.807) is 11.3 Å². The first-order chi connectivity index (χ1) is 7.65. The molecule has 1 aromatic heterocycles. The second-order valence-corrected chi connectivity index (χ2v) is 6.27. The van der Waals surface area contributed by atoms with Crippen molar-refractivity contribution in [3.05, 3.63) is 49.7 Å². The number of aryl methyl sites for hydroxylation is 1. The van der Waals surface area contributed by atoms with Crippen molar-refractivity contribution < 1.29 is 4.79 Å². The summed E-state index contributed by atoms with van der Waals surface area (Å²) in [6.45, 7) is 2.00. The average molecular weight is 343 g/mol. The van der Waals surface area contributed by atoms with Crippen LogP contribution in [0.25, 0.3) is 0 Å². The molecule has 0 aliphatic rings. The first kappa shape index (κ1) is 11.6. The van der Waals surface area contributed by atoms with Gasteiger partial charge in [0.25, 0.3) is 5.91 Å². The molecule has 0 saturated carbocycles. The second-order valence-electron chi connectivity index (χ2n) is 3.46. The maximum atomic E-state index is 11.8. The number of carbonyl (C=O) groups is 1. The molecular formula is C12H10INOS. The van der Waals surface area contributed by atoms with E-state index in [1.165, 1.54) is 0 Å². The van der Waals surface area contributed by atoms with Crippen molar-refractivity contribution in [3.8, 4) is 0 Å². The summed E-state index contributed by atoms with van der Waals surface area (Å²) in [4.78, 5) is 11.8. The van der Waals surface area contributed by atoms with E-state index in [-0.39, 0.29) is 5.91 Å². The third kappa shape index (κ3) is 2.82. The van der Waals surface area contributed by atoms with E-state index in [0.29, 0.717) is 0 Å².